The topological polar surface area (TPSA) is 30.7 Å². The molecule has 0 radical (unpaired) electrons. The van der Waals surface area contributed by atoms with E-state index in [0.717, 1.165) is 18.2 Å². The molecule has 2 rings (SSSR count). The zero-order chi connectivity index (χ0) is 10.1. The van der Waals surface area contributed by atoms with Crippen LogP contribution in [0.2, 0.25) is 5.28 Å². The minimum atomic E-state index is 0.444. The molecule has 1 fully saturated rings. The molecule has 1 aliphatic carbocycles. The number of hydrogen-bond acceptors (Lipinski definition) is 2. The van der Waals surface area contributed by atoms with Crippen LogP contribution in [0.5, 0.6) is 0 Å². The second-order valence-corrected chi connectivity index (χ2v) is 4.47. The van der Waals surface area contributed by atoms with Crippen LogP contribution in [-0.2, 0) is 6.42 Å². The summed E-state index contributed by atoms with van der Waals surface area (Å²) in [6.45, 7) is 4.29. The molecule has 0 aromatic carbocycles. The summed E-state index contributed by atoms with van der Waals surface area (Å²) < 4.78 is 2.07. The van der Waals surface area contributed by atoms with Crippen molar-refractivity contribution in [3.8, 4) is 0 Å². The van der Waals surface area contributed by atoms with Crippen LogP contribution in [0.1, 0.15) is 45.0 Å². The largest absolute Gasteiger partial charge is 0.299 e. The van der Waals surface area contributed by atoms with Gasteiger partial charge in [-0.2, -0.15) is 0 Å². The third-order valence-electron chi connectivity index (χ3n) is 2.85. The molecule has 78 valence electrons. The molecule has 14 heavy (non-hydrogen) atoms. The first kappa shape index (κ1) is 9.97. The predicted molar refractivity (Wildman–Crippen MR) is 56.5 cm³/mol. The Labute approximate surface area is 89.5 Å². The fourth-order valence-corrected chi connectivity index (χ4v) is 2.22. The Morgan fingerprint density at radius 2 is 2.21 bits per heavy atom. The summed E-state index contributed by atoms with van der Waals surface area (Å²) >= 11 is 6.01. The van der Waals surface area contributed by atoms with E-state index in [1.54, 1.807) is 0 Å². The predicted octanol–water partition coefficient (Wildman–Crippen LogP) is 2.86. The molecule has 0 aliphatic heterocycles. The average molecular weight is 214 g/mol. The van der Waals surface area contributed by atoms with Gasteiger partial charge in [0.2, 0.25) is 5.28 Å². The van der Waals surface area contributed by atoms with E-state index in [0.29, 0.717) is 11.3 Å². The number of halogens is 1. The highest BCUT2D eigenvalue weighted by Gasteiger charge is 2.26. The molecule has 1 saturated carbocycles. The molecular formula is C10H16ClN3. The van der Waals surface area contributed by atoms with Crippen LogP contribution in [0.4, 0.5) is 0 Å². The van der Waals surface area contributed by atoms with Crippen LogP contribution < -0.4 is 0 Å². The maximum Gasteiger partial charge on any atom is 0.225 e. The van der Waals surface area contributed by atoms with E-state index < -0.39 is 0 Å². The first-order valence-electron chi connectivity index (χ1n) is 5.31. The van der Waals surface area contributed by atoms with Crippen LogP contribution in [0.15, 0.2) is 0 Å². The van der Waals surface area contributed by atoms with Crippen molar-refractivity contribution in [3.05, 3.63) is 11.1 Å². The summed E-state index contributed by atoms with van der Waals surface area (Å²) in [5.74, 6) is 1.91. The van der Waals surface area contributed by atoms with Crippen molar-refractivity contribution in [1.82, 2.24) is 14.8 Å². The molecule has 0 amide bonds. The van der Waals surface area contributed by atoms with Gasteiger partial charge >= 0.3 is 0 Å². The number of nitrogens with zero attached hydrogens (tertiary/aromatic N) is 3. The van der Waals surface area contributed by atoms with Gasteiger partial charge in [0.05, 0.1) is 0 Å². The first-order chi connectivity index (χ1) is 6.72. The summed E-state index contributed by atoms with van der Waals surface area (Å²) in [6, 6.07) is 0.444. The van der Waals surface area contributed by atoms with Gasteiger partial charge in [0, 0.05) is 12.5 Å². The minimum absolute atomic E-state index is 0.444. The average Bonchev–Trinajstić information content (AvgIpc) is 2.87. The highest BCUT2D eigenvalue weighted by Crippen LogP contribution is 2.37. The summed E-state index contributed by atoms with van der Waals surface area (Å²) in [5.41, 5.74) is 0. The number of hydrogen-bond donors (Lipinski definition) is 0. The van der Waals surface area contributed by atoms with Gasteiger partial charge in [-0.3, -0.25) is 4.57 Å². The standard InChI is InChI=1S/C10H16ClN3/c1-3-9-12-13-10(11)14(9)7(2)6-8-4-5-8/h7-8H,3-6H2,1-2H3. The second-order valence-electron chi connectivity index (χ2n) is 4.14. The Morgan fingerprint density at radius 3 is 2.79 bits per heavy atom. The van der Waals surface area contributed by atoms with Gasteiger partial charge in [-0.05, 0) is 30.9 Å². The lowest BCUT2D eigenvalue weighted by Crippen LogP contribution is -2.09. The zero-order valence-electron chi connectivity index (χ0n) is 8.70. The molecule has 0 spiro atoms. The Morgan fingerprint density at radius 1 is 1.50 bits per heavy atom. The second kappa shape index (κ2) is 3.89. The lowest BCUT2D eigenvalue weighted by atomic mass is 10.1. The van der Waals surface area contributed by atoms with E-state index in [4.69, 9.17) is 11.6 Å². The maximum atomic E-state index is 6.01. The molecule has 1 atom stereocenters. The Balaban J connectivity index is 2.14. The number of aromatic nitrogens is 3. The molecule has 1 heterocycles. The number of aryl methyl sites for hydroxylation is 1. The summed E-state index contributed by atoms with van der Waals surface area (Å²) in [6.07, 6.45) is 4.87. The van der Waals surface area contributed by atoms with Crippen LogP contribution in [0, 0.1) is 5.92 Å². The fraction of sp³-hybridized carbons (Fsp3) is 0.800. The molecule has 0 saturated heterocycles. The van der Waals surface area contributed by atoms with Crippen LogP contribution in [0.3, 0.4) is 0 Å². The van der Waals surface area contributed by atoms with Gasteiger partial charge in [-0.1, -0.05) is 19.8 Å². The molecule has 4 heteroatoms. The molecule has 1 aromatic rings. The zero-order valence-corrected chi connectivity index (χ0v) is 9.46. The SMILES string of the molecule is CCc1nnc(Cl)n1C(C)CC1CC1. The molecule has 1 aliphatic rings. The van der Waals surface area contributed by atoms with Crippen molar-refractivity contribution in [2.24, 2.45) is 5.92 Å². The normalized spacial score (nSPS) is 18.5. The van der Waals surface area contributed by atoms with E-state index in [-0.39, 0.29) is 0 Å². The smallest absolute Gasteiger partial charge is 0.225 e. The third-order valence-corrected chi connectivity index (χ3v) is 3.11. The molecule has 3 nitrogen and oxygen atoms in total. The van der Waals surface area contributed by atoms with Gasteiger partial charge < -0.3 is 0 Å². The van der Waals surface area contributed by atoms with E-state index in [2.05, 4.69) is 28.6 Å². The van der Waals surface area contributed by atoms with Gasteiger partial charge in [-0.15, -0.1) is 10.2 Å². The Kier molecular flexibility index (Phi) is 2.77. The van der Waals surface area contributed by atoms with E-state index >= 15 is 0 Å². The summed E-state index contributed by atoms with van der Waals surface area (Å²) in [4.78, 5) is 0. The number of rotatable bonds is 4. The summed E-state index contributed by atoms with van der Waals surface area (Å²) in [5, 5.41) is 8.52. The quantitative estimate of drug-likeness (QED) is 0.770. The van der Waals surface area contributed by atoms with Gasteiger partial charge in [-0.25, -0.2) is 0 Å². The van der Waals surface area contributed by atoms with Crippen molar-refractivity contribution in [2.45, 2.75) is 45.6 Å². The molecular weight excluding hydrogens is 198 g/mol. The van der Waals surface area contributed by atoms with E-state index in [1.165, 1.54) is 19.3 Å². The Bertz CT molecular complexity index is 317. The highest BCUT2D eigenvalue weighted by molar-refractivity contribution is 6.28. The van der Waals surface area contributed by atoms with Crippen LogP contribution >= 0.6 is 11.6 Å². The molecule has 1 aromatic heterocycles. The van der Waals surface area contributed by atoms with Crippen LogP contribution in [-0.4, -0.2) is 14.8 Å². The first-order valence-corrected chi connectivity index (χ1v) is 5.69. The fourth-order valence-electron chi connectivity index (χ4n) is 1.92. The molecule has 0 bridgehead atoms. The minimum Gasteiger partial charge on any atom is -0.299 e. The van der Waals surface area contributed by atoms with Crippen molar-refractivity contribution in [1.29, 1.82) is 0 Å². The van der Waals surface area contributed by atoms with Gasteiger partial charge in [0.1, 0.15) is 5.82 Å². The van der Waals surface area contributed by atoms with Gasteiger partial charge in [0.25, 0.3) is 0 Å². The van der Waals surface area contributed by atoms with Crippen molar-refractivity contribution in [3.63, 3.8) is 0 Å². The van der Waals surface area contributed by atoms with Crippen molar-refractivity contribution < 1.29 is 0 Å². The highest BCUT2D eigenvalue weighted by atomic mass is 35.5. The molecule has 1 unspecified atom stereocenters. The lowest BCUT2D eigenvalue weighted by molar-refractivity contribution is 0.463. The van der Waals surface area contributed by atoms with E-state index in [1.807, 2.05) is 0 Å². The summed E-state index contributed by atoms with van der Waals surface area (Å²) in [7, 11) is 0. The molecule has 0 N–H and O–H groups in total. The van der Waals surface area contributed by atoms with Crippen LogP contribution in [0.25, 0.3) is 0 Å². The van der Waals surface area contributed by atoms with Crippen molar-refractivity contribution >= 4 is 11.6 Å². The lowest BCUT2D eigenvalue weighted by Gasteiger charge is -2.15. The van der Waals surface area contributed by atoms with Crippen molar-refractivity contribution in [2.75, 3.05) is 0 Å². The Hall–Kier alpha value is -0.570. The van der Waals surface area contributed by atoms with Gasteiger partial charge in [0.15, 0.2) is 0 Å². The van der Waals surface area contributed by atoms with E-state index in [9.17, 15) is 0 Å². The maximum absolute atomic E-state index is 6.01. The third kappa shape index (κ3) is 1.92. The monoisotopic (exact) mass is 213 g/mol.